The standard InChI is InChI=1S/C20H30F2N4O3.HI/c1-3-6-26-7-4-14(5-8-26)11-24-20(23-2)25-12-15-9-17-18(28-13-27-17)10-16(15)29-19(21)22;/h9-10,14,19H,3-8,11-13H2,1-2H3,(H2,23,24,25);1H. The van der Waals surface area contributed by atoms with Gasteiger partial charge in [0.25, 0.3) is 0 Å². The molecule has 0 saturated carbocycles. The molecule has 0 amide bonds. The molecule has 0 atom stereocenters. The summed E-state index contributed by atoms with van der Waals surface area (Å²) >= 11 is 0. The number of ether oxygens (including phenoxy) is 3. The maximum atomic E-state index is 12.8. The van der Waals surface area contributed by atoms with Crippen LogP contribution >= 0.6 is 24.0 Å². The summed E-state index contributed by atoms with van der Waals surface area (Å²) in [5, 5.41) is 6.51. The normalized spacial score (nSPS) is 17.0. The minimum atomic E-state index is -2.91. The second kappa shape index (κ2) is 12.3. The first-order valence-corrected chi connectivity index (χ1v) is 10.1. The highest BCUT2D eigenvalue weighted by Crippen LogP contribution is 2.38. The molecule has 170 valence electrons. The predicted octanol–water partition coefficient (Wildman–Crippen LogP) is 3.42. The number of likely N-dealkylation sites (tertiary alicyclic amines) is 1. The summed E-state index contributed by atoms with van der Waals surface area (Å²) < 4.78 is 40.8. The zero-order chi connectivity index (χ0) is 20.6. The number of hydrogen-bond donors (Lipinski definition) is 2. The van der Waals surface area contributed by atoms with Crippen molar-refractivity contribution < 1.29 is 23.0 Å². The highest BCUT2D eigenvalue weighted by molar-refractivity contribution is 14.0. The number of nitrogens with zero attached hydrogens (tertiary/aromatic N) is 2. The van der Waals surface area contributed by atoms with Gasteiger partial charge in [-0.15, -0.1) is 24.0 Å². The number of halogens is 3. The largest absolute Gasteiger partial charge is 0.454 e. The highest BCUT2D eigenvalue weighted by atomic mass is 127. The van der Waals surface area contributed by atoms with E-state index in [2.05, 4.69) is 32.2 Å². The van der Waals surface area contributed by atoms with Crippen molar-refractivity contribution in [1.29, 1.82) is 0 Å². The first kappa shape index (κ1) is 24.7. The molecule has 2 N–H and O–H groups in total. The number of nitrogens with one attached hydrogen (secondary N) is 2. The van der Waals surface area contributed by atoms with Crippen LogP contribution in [-0.2, 0) is 6.54 Å². The van der Waals surface area contributed by atoms with E-state index in [1.165, 1.54) is 31.9 Å². The number of hydrogen-bond acceptors (Lipinski definition) is 5. The van der Waals surface area contributed by atoms with Crippen LogP contribution in [0.25, 0.3) is 0 Å². The van der Waals surface area contributed by atoms with Crippen molar-refractivity contribution in [3.63, 3.8) is 0 Å². The number of piperidine rings is 1. The van der Waals surface area contributed by atoms with Crippen molar-refractivity contribution >= 4 is 29.9 Å². The zero-order valence-electron chi connectivity index (χ0n) is 17.5. The van der Waals surface area contributed by atoms with Gasteiger partial charge in [-0.2, -0.15) is 8.78 Å². The smallest absolute Gasteiger partial charge is 0.387 e. The monoisotopic (exact) mass is 540 g/mol. The summed E-state index contributed by atoms with van der Waals surface area (Å²) in [6.45, 7) is 3.92. The lowest BCUT2D eigenvalue weighted by Crippen LogP contribution is -2.42. The Morgan fingerprint density at radius 2 is 1.93 bits per heavy atom. The molecule has 3 rings (SSSR count). The fraction of sp³-hybridized carbons (Fsp3) is 0.650. The first-order valence-electron chi connectivity index (χ1n) is 10.1. The Bertz CT molecular complexity index is 701. The third-order valence-corrected chi connectivity index (χ3v) is 5.25. The molecule has 0 aromatic heterocycles. The minimum Gasteiger partial charge on any atom is -0.454 e. The molecule has 0 spiro atoms. The van der Waals surface area contributed by atoms with E-state index in [1.54, 1.807) is 13.1 Å². The molecule has 1 fully saturated rings. The number of aliphatic imine (C=N–C) groups is 1. The van der Waals surface area contributed by atoms with Gasteiger partial charge in [-0.25, -0.2) is 0 Å². The Morgan fingerprint density at radius 1 is 1.23 bits per heavy atom. The molecule has 0 radical (unpaired) electrons. The van der Waals surface area contributed by atoms with Crippen LogP contribution in [0.4, 0.5) is 8.78 Å². The fourth-order valence-electron chi connectivity index (χ4n) is 3.68. The molecule has 1 aromatic carbocycles. The van der Waals surface area contributed by atoms with Crippen LogP contribution in [0.5, 0.6) is 17.2 Å². The molecule has 2 aliphatic heterocycles. The van der Waals surface area contributed by atoms with Crippen molar-refractivity contribution in [2.75, 3.05) is 40.0 Å². The summed E-state index contributed by atoms with van der Waals surface area (Å²) in [4.78, 5) is 6.74. The highest BCUT2D eigenvalue weighted by Gasteiger charge is 2.21. The van der Waals surface area contributed by atoms with Gasteiger partial charge in [-0.05, 0) is 50.9 Å². The molecule has 0 bridgehead atoms. The first-order chi connectivity index (χ1) is 14.1. The number of rotatable bonds is 8. The zero-order valence-corrected chi connectivity index (χ0v) is 19.8. The SMILES string of the molecule is CCCN1CCC(CNC(=NC)NCc2cc3c(cc2OC(F)F)OCO3)CC1.I. The van der Waals surface area contributed by atoms with Crippen molar-refractivity contribution in [2.45, 2.75) is 39.3 Å². The number of benzene rings is 1. The molecule has 2 heterocycles. The molecule has 2 aliphatic rings. The lowest BCUT2D eigenvalue weighted by atomic mass is 9.97. The van der Waals surface area contributed by atoms with E-state index in [1.807, 2.05) is 0 Å². The number of fused-ring (bicyclic) bond motifs is 1. The molecular formula is C20H31F2IN4O3. The van der Waals surface area contributed by atoms with Gasteiger partial charge in [0.1, 0.15) is 5.75 Å². The van der Waals surface area contributed by atoms with Crippen LogP contribution < -0.4 is 24.8 Å². The summed E-state index contributed by atoms with van der Waals surface area (Å²) in [5.41, 5.74) is 0.547. The molecule has 30 heavy (non-hydrogen) atoms. The lowest BCUT2D eigenvalue weighted by molar-refractivity contribution is -0.0505. The molecule has 0 aliphatic carbocycles. The van der Waals surface area contributed by atoms with Gasteiger partial charge in [0.15, 0.2) is 17.5 Å². The lowest BCUT2D eigenvalue weighted by Gasteiger charge is -2.32. The van der Waals surface area contributed by atoms with Gasteiger partial charge < -0.3 is 29.7 Å². The van der Waals surface area contributed by atoms with Crippen LogP contribution in [0.15, 0.2) is 17.1 Å². The van der Waals surface area contributed by atoms with Gasteiger partial charge in [0.05, 0.1) is 0 Å². The Hall–Kier alpha value is -1.56. The van der Waals surface area contributed by atoms with E-state index in [0.29, 0.717) is 28.9 Å². The maximum Gasteiger partial charge on any atom is 0.387 e. The van der Waals surface area contributed by atoms with Crippen molar-refractivity contribution in [3.05, 3.63) is 17.7 Å². The molecule has 1 saturated heterocycles. The average Bonchev–Trinajstić information content (AvgIpc) is 3.16. The third kappa shape index (κ3) is 7.00. The van der Waals surface area contributed by atoms with Crippen LogP contribution in [-0.4, -0.2) is 57.5 Å². The molecule has 7 nitrogen and oxygen atoms in total. The number of alkyl halides is 2. The minimum absolute atomic E-state index is 0. The summed E-state index contributed by atoms with van der Waals surface area (Å²) in [5.74, 6) is 2.22. The van der Waals surface area contributed by atoms with E-state index in [4.69, 9.17) is 9.47 Å². The van der Waals surface area contributed by atoms with Crippen molar-refractivity contribution in [3.8, 4) is 17.2 Å². The third-order valence-electron chi connectivity index (χ3n) is 5.25. The summed E-state index contributed by atoms with van der Waals surface area (Å²) in [6, 6.07) is 3.09. The Morgan fingerprint density at radius 3 is 2.57 bits per heavy atom. The van der Waals surface area contributed by atoms with Crippen LogP contribution in [0, 0.1) is 5.92 Å². The van der Waals surface area contributed by atoms with Gasteiger partial charge in [0, 0.05) is 31.8 Å². The summed E-state index contributed by atoms with van der Waals surface area (Å²) in [7, 11) is 1.69. The molecule has 10 heteroatoms. The van der Waals surface area contributed by atoms with Crippen LogP contribution in [0.1, 0.15) is 31.7 Å². The quantitative estimate of drug-likeness (QED) is 0.300. The topological polar surface area (TPSA) is 67.4 Å². The van der Waals surface area contributed by atoms with Crippen LogP contribution in [0.3, 0.4) is 0 Å². The fourth-order valence-corrected chi connectivity index (χ4v) is 3.68. The Balaban J connectivity index is 0.00000320. The molecule has 1 aromatic rings. The molecule has 0 unspecified atom stereocenters. The van der Waals surface area contributed by atoms with Gasteiger partial charge in [-0.3, -0.25) is 4.99 Å². The predicted molar refractivity (Wildman–Crippen MR) is 122 cm³/mol. The van der Waals surface area contributed by atoms with Crippen LogP contribution in [0.2, 0.25) is 0 Å². The second-order valence-electron chi connectivity index (χ2n) is 7.28. The second-order valence-corrected chi connectivity index (χ2v) is 7.28. The van der Waals surface area contributed by atoms with E-state index in [-0.39, 0.29) is 43.1 Å². The Labute approximate surface area is 193 Å². The number of guanidine groups is 1. The van der Waals surface area contributed by atoms with Gasteiger partial charge in [0.2, 0.25) is 6.79 Å². The van der Waals surface area contributed by atoms with Crippen molar-refractivity contribution in [2.24, 2.45) is 10.9 Å². The maximum absolute atomic E-state index is 12.8. The van der Waals surface area contributed by atoms with Gasteiger partial charge >= 0.3 is 6.61 Å². The van der Waals surface area contributed by atoms with Gasteiger partial charge in [-0.1, -0.05) is 6.92 Å². The summed E-state index contributed by atoms with van der Waals surface area (Å²) in [6.07, 6.45) is 3.52. The van der Waals surface area contributed by atoms with Crippen molar-refractivity contribution in [1.82, 2.24) is 15.5 Å². The van der Waals surface area contributed by atoms with E-state index >= 15 is 0 Å². The van der Waals surface area contributed by atoms with E-state index < -0.39 is 6.61 Å². The Kier molecular flexibility index (Phi) is 10.2. The molecular weight excluding hydrogens is 509 g/mol. The van der Waals surface area contributed by atoms with E-state index in [0.717, 1.165) is 19.6 Å². The van der Waals surface area contributed by atoms with E-state index in [9.17, 15) is 8.78 Å². The average molecular weight is 540 g/mol.